The van der Waals surface area contributed by atoms with Crippen LogP contribution in [-0.2, 0) is 0 Å². The molecule has 4 nitrogen and oxygen atoms in total. The van der Waals surface area contributed by atoms with Crippen molar-refractivity contribution in [1.82, 2.24) is 21.5 Å². The first-order chi connectivity index (χ1) is 4.97. The Morgan fingerprint density at radius 3 is 2.40 bits per heavy atom. The smallest absolute Gasteiger partial charge is 0.0745 e. The second kappa shape index (κ2) is 2.84. The van der Waals surface area contributed by atoms with E-state index in [-0.39, 0.29) is 0 Å². The molecule has 2 heterocycles. The summed E-state index contributed by atoms with van der Waals surface area (Å²) in [6.45, 7) is 3.29. The predicted molar refractivity (Wildman–Crippen MR) is 39.3 cm³/mol. The summed E-state index contributed by atoms with van der Waals surface area (Å²) in [7, 11) is 0. The second-order valence-corrected chi connectivity index (χ2v) is 2.85. The zero-order chi connectivity index (χ0) is 6.81. The average Bonchev–Trinajstić information content (AvgIpc) is 2.59. The first kappa shape index (κ1) is 6.54. The fourth-order valence-electron chi connectivity index (χ4n) is 1.57. The van der Waals surface area contributed by atoms with Crippen molar-refractivity contribution in [3.05, 3.63) is 0 Å². The van der Waals surface area contributed by atoms with Crippen molar-refractivity contribution in [1.29, 1.82) is 0 Å². The summed E-state index contributed by atoms with van der Waals surface area (Å²) in [5, 5.41) is 6.77. The van der Waals surface area contributed by atoms with Crippen LogP contribution < -0.4 is 21.5 Å². The molecule has 10 heavy (non-hydrogen) atoms. The molecule has 4 heteroatoms. The number of nitrogens with one attached hydrogen (secondary N) is 4. The van der Waals surface area contributed by atoms with Gasteiger partial charge in [-0.3, -0.25) is 21.5 Å². The van der Waals surface area contributed by atoms with Crippen molar-refractivity contribution >= 4 is 0 Å². The van der Waals surface area contributed by atoms with E-state index in [2.05, 4.69) is 21.5 Å². The highest BCUT2D eigenvalue weighted by molar-refractivity contribution is 4.86. The van der Waals surface area contributed by atoms with Crippen LogP contribution in [0.5, 0.6) is 0 Å². The largest absolute Gasteiger partial charge is 0.299 e. The maximum atomic E-state index is 3.38. The van der Waals surface area contributed by atoms with Gasteiger partial charge in [0, 0.05) is 19.6 Å². The van der Waals surface area contributed by atoms with Crippen LogP contribution in [0.25, 0.3) is 0 Å². The summed E-state index contributed by atoms with van der Waals surface area (Å²) in [6.07, 6.45) is 1.69. The standard InChI is InChI=1S/C6H14N4/c1-2-9-10-5(1)6-7-3-4-8-6/h5-10H,1-4H2. The fraction of sp³-hybridized carbons (Fsp3) is 1.00. The monoisotopic (exact) mass is 142 g/mol. The van der Waals surface area contributed by atoms with Gasteiger partial charge in [0.25, 0.3) is 0 Å². The van der Waals surface area contributed by atoms with Gasteiger partial charge >= 0.3 is 0 Å². The second-order valence-electron chi connectivity index (χ2n) is 2.85. The van der Waals surface area contributed by atoms with Gasteiger partial charge in [0.1, 0.15) is 0 Å². The minimum absolute atomic E-state index is 0.481. The molecule has 0 radical (unpaired) electrons. The Labute approximate surface area is 60.7 Å². The molecule has 0 aromatic carbocycles. The molecule has 0 aliphatic carbocycles. The Morgan fingerprint density at radius 2 is 1.80 bits per heavy atom. The third kappa shape index (κ3) is 1.15. The summed E-state index contributed by atoms with van der Waals surface area (Å²) in [5.74, 6) is 0. The van der Waals surface area contributed by atoms with Crippen molar-refractivity contribution in [2.45, 2.75) is 18.6 Å². The SMILES string of the molecule is C1CC(C2NCCN2)NN1. The molecule has 0 aromatic rings. The van der Waals surface area contributed by atoms with Crippen molar-refractivity contribution in [3.8, 4) is 0 Å². The molecule has 0 spiro atoms. The zero-order valence-electron chi connectivity index (χ0n) is 5.98. The van der Waals surface area contributed by atoms with Crippen LogP contribution in [0.3, 0.4) is 0 Å². The Balaban J connectivity index is 1.85. The van der Waals surface area contributed by atoms with E-state index in [4.69, 9.17) is 0 Å². The highest BCUT2D eigenvalue weighted by Crippen LogP contribution is 2.01. The lowest BCUT2D eigenvalue weighted by Crippen LogP contribution is -2.49. The van der Waals surface area contributed by atoms with E-state index in [0.717, 1.165) is 19.6 Å². The maximum Gasteiger partial charge on any atom is 0.0745 e. The van der Waals surface area contributed by atoms with E-state index in [9.17, 15) is 0 Å². The highest BCUT2D eigenvalue weighted by Gasteiger charge is 2.25. The molecule has 1 atom stereocenters. The molecule has 4 N–H and O–H groups in total. The Kier molecular flexibility index (Phi) is 1.86. The van der Waals surface area contributed by atoms with Crippen LogP contribution in [0.1, 0.15) is 6.42 Å². The molecule has 2 aliphatic rings. The minimum Gasteiger partial charge on any atom is -0.299 e. The van der Waals surface area contributed by atoms with E-state index in [1.165, 1.54) is 6.42 Å². The average molecular weight is 142 g/mol. The summed E-state index contributed by atoms with van der Waals surface area (Å²) >= 11 is 0. The summed E-state index contributed by atoms with van der Waals surface area (Å²) < 4.78 is 0. The number of hydrogen-bond acceptors (Lipinski definition) is 4. The van der Waals surface area contributed by atoms with Gasteiger partial charge in [-0.05, 0) is 6.42 Å². The molecule has 58 valence electrons. The molecule has 0 bridgehead atoms. The molecule has 1 unspecified atom stereocenters. The lowest BCUT2D eigenvalue weighted by atomic mass is 10.2. The quantitative estimate of drug-likeness (QED) is 0.355. The Bertz CT molecular complexity index is 90.3. The fourth-order valence-corrected chi connectivity index (χ4v) is 1.57. The number of hydrazine groups is 1. The number of rotatable bonds is 1. The van der Waals surface area contributed by atoms with Crippen molar-refractivity contribution in [2.24, 2.45) is 0 Å². The van der Waals surface area contributed by atoms with E-state index < -0.39 is 0 Å². The van der Waals surface area contributed by atoms with Gasteiger partial charge < -0.3 is 0 Å². The lowest BCUT2D eigenvalue weighted by molar-refractivity contribution is 0.402. The topological polar surface area (TPSA) is 48.1 Å². The van der Waals surface area contributed by atoms with Crippen LogP contribution in [-0.4, -0.2) is 31.8 Å². The molecular formula is C6H14N4. The molecule has 2 rings (SSSR count). The van der Waals surface area contributed by atoms with Crippen LogP contribution >= 0.6 is 0 Å². The van der Waals surface area contributed by atoms with Gasteiger partial charge in [0.2, 0.25) is 0 Å². The van der Waals surface area contributed by atoms with E-state index in [1.807, 2.05) is 0 Å². The molecule has 2 fully saturated rings. The molecule has 0 saturated carbocycles. The van der Waals surface area contributed by atoms with Crippen molar-refractivity contribution < 1.29 is 0 Å². The maximum absolute atomic E-state index is 3.38. The normalized spacial score (nSPS) is 35.4. The Morgan fingerprint density at radius 1 is 1.00 bits per heavy atom. The zero-order valence-corrected chi connectivity index (χ0v) is 5.98. The summed E-state index contributed by atoms with van der Waals surface area (Å²) in [4.78, 5) is 0. The first-order valence-corrected chi connectivity index (χ1v) is 3.92. The number of hydrogen-bond donors (Lipinski definition) is 4. The van der Waals surface area contributed by atoms with Gasteiger partial charge in [-0.2, -0.15) is 0 Å². The van der Waals surface area contributed by atoms with Crippen molar-refractivity contribution in [3.63, 3.8) is 0 Å². The molecule has 0 aromatic heterocycles. The molecule has 2 saturated heterocycles. The van der Waals surface area contributed by atoms with Gasteiger partial charge in [0.15, 0.2) is 0 Å². The van der Waals surface area contributed by atoms with Gasteiger partial charge in [-0.15, -0.1) is 0 Å². The van der Waals surface area contributed by atoms with Gasteiger partial charge in [-0.1, -0.05) is 0 Å². The van der Waals surface area contributed by atoms with Crippen LogP contribution in [0.2, 0.25) is 0 Å². The van der Waals surface area contributed by atoms with Gasteiger partial charge in [0.05, 0.1) is 12.2 Å². The third-order valence-electron chi connectivity index (χ3n) is 2.12. The predicted octanol–water partition coefficient (Wildman–Crippen LogP) is -1.63. The van der Waals surface area contributed by atoms with Gasteiger partial charge in [-0.25, -0.2) is 0 Å². The Hall–Kier alpha value is -0.160. The molecule has 0 amide bonds. The molecule has 2 aliphatic heterocycles. The van der Waals surface area contributed by atoms with Crippen LogP contribution in [0, 0.1) is 0 Å². The van der Waals surface area contributed by atoms with E-state index in [1.54, 1.807) is 0 Å². The van der Waals surface area contributed by atoms with Crippen molar-refractivity contribution in [2.75, 3.05) is 19.6 Å². The van der Waals surface area contributed by atoms with E-state index >= 15 is 0 Å². The van der Waals surface area contributed by atoms with E-state index in [0.29, 0.717) is 12.2 Å². The first-order valence-electron chi connectivity index (χ1n) is 3.92. The summed E-state index contributed by atoms with van der Waals surface area (Å²) in [5.41, 5.74) is 6.34. The van der Waals surface area contributed by atoms with Crippen LogP contribution in [0.4, 0.5) is 0 Å². The minimum atomic E-state index is 0.481. The summed E-state index contributed by atoms with van der Waals surface area (Å²) in [6, 6.07) is 0.572. The highest BCUT2D eigenvalue weighted by atomic mass is 15.4. The molecular weight excluding hydrogens is 128 g/mol. The third-order valence-corrected chi connectivity index (χ3v) is 2.12. The lowest BCUT2D eigenvalue weighted by Gasteiger charge is -2.17. The van der Waals surface area contributed by atoms with Crippen LogP contribution in [0.15, 0.2) is 0 Å².